The Balaban J connectivity index is 1.60. The first kappa shape index (κ1) is 28.6. The molecule has 0 aromatic heterocycles. The lowest BCUT2D eigenvalue weighted by Gasteiger charge is -2.72. The van der Waals surface area contributed by atoms with Gasteiger partial charge in [-0.05, 0) is 96.7 Å². The predicted molar refractivity (Wildman–Crippen MR) is 152 cm³/mol. The Morgan fingerprint density at radius 2 is 1.64 bits per heavy atom. The second-order valence-electron chi connectivity index (χ2n) is 16.2. The smallest absolute Gasteiger partial charge is 0.220 e. The Bertz CT molecular complexity index is 1180. The quantitative estimate of drug-likeness (QED) is 0.431. The number of nitrogens with zero attached hydrogens (tertiary/aromatic N) is 1. The topological polar surface area (TPSA) is 87.0 Å². The molecule has 1 N–H and O–H groups in total. The molecular weight excluding hydrogens is 484 g/mol. The summed E-state index contributed by atoms with van der Waals surface area (Å²) in [4.78, 5) is 40.9. The molecule has 0 aliphatic heterocycles. The highest BCUT2D eigenvalue weighted by Crippen LogP contribution is 2.76. The van der Waals surface area contributed by atoms with Crippen LogP contribution in [0.3, 0.4) is 0 Å². The molecular formula is C34H50N2O3. The number of rotatable bonds is 3. The standard InChI is InChI=1S/C34H50N2O3/c1-9-36-26(38)19-34-14-12-29(2,3)18-22(34)27-23(37)16-25-31(6)17-21(20-35)28(39)30(4,5)24(31)10-11-32(25,7)33(27,8)13-15-34/h17,22,24-25,27H,9-16,18-19H2,1-8H3,(H,36,38)/t22?,24-,25+,27?,31-,32+,33+,34+/m0/s1. The molecule has 5 aliphatic rings. The Labute approximate surface area is 235 Å². The molecule has 0 radical (unpaired) electrons. The van der Waals surface area contributed by atoms with Crippen molar-refractivity contribution in [2.24, 2.45) is 56.2 Å². The number of hydrogen-bond donors (Lipinski definition) is 1. The molecule has 0 aromatic rings. The van der Waals surface area contributed by atoms with Crippen molar-refractivity contribution < 1.29 is 14.4 Å². The first-order valence-electron chi connectivity index (χ1n) is 15.5. The minimum atomic E-state index is -0.613. The molecule has 0 bridgehead atoms. The van der Waals surface area contributed by atoms with Gasteiger partial charge in [-0.1, -0.05) is 54.5 Å². The summed E-state index contributed by atoms with van der Waals surface area (Å²) in [6, 6.07) is 2.22. The molecule has 8 atom stereocenters. The fourth-order valence-electron chi connectivity index (χ4n) is 11.3. The lowest BCUT2D eigenvalue weighted by molar-refractivity contribution is -0.223. The van der Waals surface area contributed by atoms with E-state index < -0.39 is 5.41 Å². The van der Waals surface area contributed by atoms with Crippen LogP contribution < -0.4 is 5.32 Å². The molecule has 5 aliphatic carbocycles. The molecule has 4 saturated carbocycles. The highest BCUT2D eigenvalue weighted by Gasteiger charge is 2.72. The molecule has 5 nitrogen and oxygen atoms in total. The largest absolute Gasteiger partial charge is 0.356 e. The maximum Gasteiger partial charge on any atom is 0.220 e. The number of hydrogen-bond acceptors (Lipinski definition) is 4. The van der Waals surface area contributed by atoms with Gasteiger partial charge in [0.25, 0.3) is 0 Å². The number of Topliss-reactive ketones (excluding diaryl/α,β-unsaturated/α-hetero) is 2. The number of ketones is 2. The van der Waals surface area contributed by atoms with Gasteiger partial charge in [-0.3, -0.25) is 14.4 Å². The van der Waals surface area contributed by atoms with Crippen LogP contribution in [-0.2, 0) is 14.4 Å². The molecule has 5 heteroatoms. The minimum absolute atomic E-state index is 0.0421. The summed E-state index contributed by atoms with van der Waals surface area (Å²) in [6.45, 7) is 18.4. The highest BCUT2D eigenvalue weighted by molar-refractivity contribution is 6.04. The molecule has 1 amide bonds. The van der Waals surface area contributed by atoms with E-state index in [1.54, 1.807) is 0 Å². The van der Waals surface area contributed by atoms with Crippen LogP contribution in [0, 0.1) is 67.5 Å². The minimum Gasteiger partial charge on any atom is -0.356 e. The molecule has 0 aromatic carbocycles. The molecule has 39 heavy (non-hydrogen) atoms. The van der Waals surface area contributed by atoms with E-state index in [4.69, 9.17) is 0 Å². The predicted octanol–water partition coefficient (Wildman–Crippen LogP) is 6.81. The third kappa shape index (κ3) is 3.78. The summed E-state index contributed by atoms with van der Waals surface area (Å²) < 4.78 is 0. The number of carbonyl (C=O) groups excluding carboxylic acids is 3. The molecule has 0 heterocycles. The van der Waals surface area contributed by atoms with Gasteiger partial charge < -0.3 is 5.32 Å². The van der Waals surface area contributed by atoms with E-state index in [1.807, 2.05) is 26.8 Å². The second kappa shape index (κ2) is 8.77. The van der Waals surface area contributed by atoms with E-state index >= 15 is 0 Å². The van der Waals surface area contributed by atoms with Crippen LogP contribution in [0.25, 0.3) is 0 Å². The highest BCUT2D eigenvalue weighted by atomic mass is 16.2. The van der Waals surface area contributed by atoms with Crippen molar-refractivity contribution in [1.29, 1.82) is 5.26 Å². The van der Waals surface area contributed by atoms with Crippen LogP contribution in [0.4, 0.5) is 0 Å². The average molecular weight is 535 g/mol. The van der Waals surface area contributed by atoms with Gasteiger partial charge in [0.15, 0.2) is 5.78 Å². The number of carbonyl (C=O) groups is 3. The van der Waals surface area contributed by atoms with Crippen molar-refractivity contribution in [1.82, 2.24) is 5.32 Å². The lowest BCUT2D eigenvalue weighted by atomic mass is 9.31. The van der Waals surface area contributed by atoms with E-state index in [0.717, 1.165) is 44.9 Å². The van der Waals surface area contributed by atoms with Gasteiger partial charge >= 0.3 is 0 Å². The zero-order valence-electron chi connectivity index (χ0n) is 25.6. The van der Waals surface area contributed by atoms with Crippen molar-refractivity contribution in [2.45, 2.75) is 113 Å². The van der Waals surface area contributed by atoms with E-state index in [-0.39, 0.29) is 68.0 Å². The van der Waals surface area contributed by atoms with Gasteiger partial charge in [-0.2, -0.15) is 5.26 Å². The number of nitriles is 1. The van der Waals surface area contributed by atoms with Crippen LogP contribution >= 0.6 is 0 Å². The van der Waals surface area contributed by atoms with Gasteiger partial charge in [0, 0.05) is 30.7 Å². The van der Waals surface area contributed by atoms with Crippen molar-refractivity contribution in [2.75, 3.05) is 6.54 Å². The van der Waals surface area contributed by atoms with Crippen molar-refractivity contribution >= 4 is 17.5 Å². The van der Waals surface area contributed by atoms with Gasteiger partial charge in [0.1, 0.15) is 11.9 Å². The summed E-state index contributed by atoms with van der Waals surface area (Å²) in [5.41, 5.74) is -0.903. The van der Waals surface area contributed by atoms with E-state index in [1.165, 1.54) is 0 Å². The Morgan fingerprint density at radius 1 is 0.974 bits per heavy atom. The summed E-state index contributed by atoms with van der Waals surface area (Å²) in [5.74, 6) is 0.850. The molecule has 4 fully saturated rings. The second-order valence-corrected chi connectivity index (χ2v) is 16.2. The van der Waals surface area contributed by atoms with E-state index in [0.29, 0.717) is 25.2 Å². The Kier molecular flexibility index (Phi) is 6.42. The van der Waals surface area contributed by atoms with Crippen LogP contribution in [0.1, 0.15) is 113 Å². The fraction of sp³-hybridized carbons (Fsp3) is 0.824. The van der Waals surface area contributed by atoms with Crippen LogP contribution in [0.15, 0.2) is 11.6 Å². The summed E-state index contributed by atoms with van der Waals surface area (Å²) in [5, 5.41) is 13.0. The average Bonchev–Trinajstić information content (AvgIpc) is 2.84. The molecule has 0 saturated heterocycles. The fourth-order valence-corrected chi connectivity index (χ4v) is 11.3. The zero-order valence-corrected chi connectivity index (χ0v) is 25.6. The maximum absolute atomic E-state index is 14.6. The Morgan fingerprint density at radius 3 is 2.28 bits per heavy atom. The van der Waals surface area contributed by atoms with E-state index in [2.05, 4.69) is 46.0 Å². The number of fused-ring (bicyclic) bond motifs is 7. The third-order valence-corrected chi connectivity index (χ3v) is 13.5. The third-order valence-electron chi connectivity index (χ3n) is 13.5. The van der Waals surface area contributed by atoms with Crippen molar-refractivity contribution in [3.05, 3.63) is 11.6 Å². The monoisotopic (exact) mass is 534 g/mol. The summed E-state index contributed by atoms with van der Waals surface area (Å²) in [6.07, 6.45) is 10.1. The van der Waals surface area contributed by atoms with Crippen LogP contribution in [0.5, 0.6) is 0 Å². The first-order chi connectivity index (χ1) is 18.0. The first-order valence-corrected chi connectivity index (χ1v) is 15.5. The Hall–Kier alpha value is -1.96. The molecule has 5 rings (SSSR count). The number of nitrogens with one attached hydrogen (secondary N) is 1. The number of allylic oxidation sites excluding steroid dienone is 2. The number of amides is 1. The summed E-state index contributed by atoms with van der Waals surface area (Å²) in [7, 11) is 0. The van der Waals surface area contributed by atoms with Gasteiger partial charge in [0.2, 0.25) is 5.91 Å². The van der Waals surface area contributed by atoms with Crippen molar-refractivity contribution in [3.63, 3.8) is 0 Å². The molecule has 0 spiro atoms. The van der Waals surface area contributed by atoms with Gasteiger partial charge in [0.05, 0.1) is 5.57 Å². The molecule has 2 unspecified atom stereocenters. The van der Waals surface area contributed by atoms with Crippen LogP contribution in [0.2, 0.25) is 0 Å². The molecule has 214 valence electrons. The van der Waals surface area contributed by atoms with Gasteiger partial charge in [-0.15, -0.1) is 0 Å². The normalized spacial score (nSPS) is 46.0. The maximum atomic E-state index is 14.6. The lowest BCUT2D eigenvalue weighted by Crippen LogP contribution is -2.68. The zero-order chi connectivity index (χ0) is 28.8. The SMILES string of the molecule is CCNC(=O)C[C@]12CCC(C)(C)CC1C1C(=O)C[C@@H]3[C@@]4(C)C=C(C#N)C(=O)C(C)(C)[C@@H]4CC[C@@]3(C)[C@]1(C)CC2. The summed E-state index contributed by atoms with van der Waals surface area (Å²) >= 11 is 0. The van der Waals surface area contributed by atoms with E-state index in [9.17, 15) is 19.6 Å². The van der Waals surface area contributed by atoms with Gasteiger partial charge in [-0.25, -0.2) is 0 Å². The van der Waals surface area contributed by atoms with Crippen molar-refractivity contribution in [3.8, 4) is 6.07 Å². The van der Waals surface area contributed by atoms with Crippen LogP contribution in [-0.4, -0.2) is 24.0 Å².